The molecule has 0 spiro atoms. The van der Waals surface area contributed by atoms with Gasteiger partial charge in [0.25, 0.3) is 0 Å². The van der Waals surface area contributed by atoms with Crippen LogP contribution in [-0.2, 0) is 35.5 Å². The summed E-state index contributed by atoms with van der Waals surface area (Å²) < 4.78 is 5.42. The second-order valence-electron chi connectivity index (χ2n) is 12.6. The van der Waals surface area contributed by atoms with E-state index in [0.717, 1.165) is 33.1 Å². The lowest BCUT2D eigenvalue weighted by atomic mass is 9.93. The molecule has 0 bridgehead atoms. The predicted molar refractivity (Wildman–Crippen MR) is 197 cm³/mol. The lowest BCUT2D eigenvalue weighted by Gasteiger charge is -2.29. The zero-order chi connectivity index (χ0) is 35.9. The number of rotatable bonds is 18. The molecular weight excluding hydrogens is 673 g/mol. The number of aliphatic hydroxyl groups excluding tert-OH is 1. The Balaban J connectivity index is 1.43. The molecule has 2 heterocycles. The van der Waals surface area contributed by atoms with Crippen LogP contribution in [0.5, 0.6) is 0 Å². The number of aliphatic hydroxyl groups is 1. The molecule has 4 atom stereocenters. The summed E-state index contributed by atoms with van der Waals surface area (Å²) in [5.74, 6) is -0.0733. The summed E-state index contributed by atoms with van der Waals surface area (Å²) >= 11 is 2.96. The van der Waals surface area contributed by atoms with Gasteiger partial charge in [0, 0.05) is 30.1 Å². The van der Waals surface area contributed by atoms with Crippen LogP contribution in [0.4, 0.5) is 9.59 Å². The smallest absolute Gasteiger partial charge is 0.407 e. The Bertz CT molecular complexity index is 1600. The zero-order valence-electron chi connectivity index (χ0n) is 29.1. The molecule has 0 saturated carbocycles. The van der Waals surface area contributed by atoms with Gasteiger partial charge in [-0.05, 0) is 43.7 Å². The molecule has 0 aliphatic heterocycles. The quantitative estimate of drug-likeness (QED) is 0.0980. The largest absolute Gasteiger partial charge is 0.444 e. The lowest BCUT2D eigenvalue weighted by molar-refractivity contribution is -0.123. The summed E-state index contributed by atoms with van der Waals surface area (Å²) in [4.78, 5) is 51.0. The third-order valence-corrected chi connectivity index (χ3v) is 9.97. The SMILES string of the molecule is CCCN(Cc1csc(C(C)C)n1)C(=O)N[C@@H](C)C(=O)N[C@@H](Cc1ccccc1)C[C@H](O)[C@H](Cc1ccccc1)NC(=O)OCc1cncs1. The number of benzene rings is 2. The van der Waals surface area contributed by atoms with Crippen molar-refractivity contribution in [3.63, 3.8) is 0 Å². The fourth-order valence-corrected chi connectivity index (χ4v) is 6.72. The van der Waals surface area contributed by atoms with Crippen molar-refractivity contribution in [2.24, 2.45) is 0 Å². The van der Waals surface area contributed by atoms with Gasteiger partial charge in [-0.3, -0.25) is 9.78 Å². The van der Waals surface area contributed by atoms with Crippen molar-refractivity contribution >= 4 is 40.7 Å². The molecule has 4 aromatic rings. The zero-order valence-corrected chi connectivity index (χ0v) is 30.7. The van der Waals surface area contributed by atoms with E-state index in [0.29, 0.717) is 31.8 Å². The van der Waals surface area contributed by atoms with Gasteiger partial charge in [-0.25, -0.2) is 14.6 Å². The van der Waals surface area contributed by atoms with Gasteiger partial charge in [-0.1, -0.05) is 81.4 Å². The Kier molecular flexibility index (Phi) is 15.2. The first kappa shape index (κ1) is 38.5. The van der Waals surface area contributed by atoms with Crippen LogP contribution in [0.1, 0.15) is 73.2 Å². The van der Waals surface area contributed by atoms with Crippen molar-refractivity contribution in [1.82, 2.24) is 30.8 Å². The van der Waals surface area contributed by atoms with Gasteiger partial charge in [-0.2, -0.15) is 0 Å². The van der Waals surface area contributed by atoms with Crippen LogP contribution in [0.25, 0.3) is 0 Å². The number of thiazole rings is 2. The van der Waals surface area contributed by atoms with Crippen LogP contribution in [-0.4, -0.2) is 68.8 Å². The van der Waals surface area contributed by atoms with E-state index in [1.807, 2.05) is 73.0 Å². The summed E-state index contributed by atoms with van der Waals surface area (Å²) in [5, 5.41) is 23.4. The number of hydrogen-bond donors (Lipinski definition) is 4. The van der Waals surface area contributed by atoms with Gasteiger partial charge in [0.2, 0.25) is 5.91 Å². The van der Waals surface area contributed by atoms with E-state index in [-0.39, 0.29) is 25.0 Å². The fraction of sp³-hybridized carbons (Fsp3) is 0.432. The molecule has 11 nitrogen and oxygen atoms in total. The predicted octanol–water partition coefficient (Wildman–Crippen LogP) is 6.05. The minimum Gasteiger partial charge on any atom is -0.444 e. The monoisotopic (exact) mass is 720 g/mol. The molecule has 4 rings (SSSR count). The molecule has 268 valence electrons. The number of nitrogens with zero attached hydrogens (tertiary/aromatic N) is 3. The summed E-state index contributed by atoms with van der Waals surface area (Å²) in [6.07, 6.45) is 1.61. The van der Waals surface area contributed by atoms with E-state index in [2.05, 4.69) is 39.8 Å². The highest BCUT2D eigenvalue weighted by molar-refractivity contribution is 7.09. The minimum atomic E-state index is -1.04. The Morgan fingerprint density at radius 2 is 1.60 bits per heavy atom. The van der Waals surface area contributed by atoms with Crippen molar-refractivity contribution in [2.75, 3.05) is 6.54 Å². The third-order valence-electron chi connectivity index (χ3n) is 8.02. The van der Waals surface area contributed by atoms with Crippen LogP contribution < -0.4 is 16.0 Å². The van der Waals surface area contributed by atoms with E-state index >= 15 is 0 Å². The molecule has 0 unspecified atom stereocenters. The van der Waals surface area contributed by atoms with E-state index in [1.54, 1.807) is 34.9 Å². The Labute approximate surface area is 302 Å². The van der Waals surface area contributed by atoms with Crippen molar-refractivity contribution in [2.45, 2.75) is 96.7 Å². The first-order chi connectivity index (χ1) is 24.1. The first-order valence-electron chi connectivity index (χ1n) is 17.0. The van der Waals surface area contributed by atoms with Crippen LogP contribution in [0, 0.1) is 0 Å². The molecule has 0 fully saturated rings. The number of aromatic nitrogens is 2. The number of amides is 4. The highest BCUT2D eigenvalue weighted by Gasteiger charge is 2.29. The van der Waals surface area contributed by atoms with Crippen molar-refractivity contribution in [3.05, 3.63) is 104 Å². The Morgan fingerprint density at radius 1 is 0.920 bits per heavy atom. The number of carbonyl (C=O) groups is 3. The first-order valence-corrected chi connectivity index (χ1v) is 18.7. The van der Waals surface area contributed by atoms with E-state index in [1.165, 1.54) is 11.3 Å². The third kappa shape index (κ3) is 12.5. The molecule has 2 aromatic carbocycles. The fourth-order valence-electron chi connectivity index (χ4n) is 5.39. The van der Waals surface area contributed by atoms with Gasteiger partial charge < -0.3 is 30.7 Å². The van der Waals surface area contributed by atoms with Crippen molar-refractivity contribution in [1.29, 1.82) is 0 Å². The normalized spacial score (nSPS) is 13.6. The standard InChI is InChI=1S/C37H48N6O5S2/c1-5-16-43(21-30-23-49-35(41-30)25(2)3)36(46)39-26(4)34(45)40-29(17-27-12-8-6-9-13-27)19-33(44)32(18-28-14-10-7-11-15-28)42-37(47)48-22-31-20-38-24-50-31/h6-15,20,23-26,29,32-33,44H,5,16-19,21-22H2,1-4H3,(H,39,46)(H,40,45)(H,42,47)/t26-,29-,32-,33-/m0/s1. The Hall–Kier alpha value is -4.33. The second-order valence-corrected chi connectivity index (χ2v) is 14.5. The minimum absolute atomic E-state index is 0.0688. The topological polar surface area (TPSA) is 146 Å². The maximum absolute atomic E-state index is 13.6. The molecule has 0 aliphatic rings. The number of urea groups is 1. The van der Waals surface area contributed by atoms with Crippen LogP contribution in [0.15, 0.2) is 77.8 Å². The highest BCUT2D eigenvalue weighted by atomic mass is 32.1. The molecule has 13 heteroatoms. The van der Waals surface area contributed by atoms with Gasteiger partial charge in [0.05, 0.1) is 39.8 Å². The van der Waals surface area contributed by atoms with E-state index in [9.17, 15) is 19.5 Å². The molecule has 4 N–H and O–H groups in total. The number of ether oxygens (including phenoxy) is 1. The molecule has 2 aromatic heterocycles. The molecule has 50 heavy (non-hydrogen) atoms. The van der Waals surface area contributed by atoms with Crippen LogP contribution in [0.2, 0.25) is 0 Å². The number of alkyl carbamates (subject to hydrolysis) is 1. The molecule has 0 saturated heterocycles. The highest BCUT2D eigenvalue weighted by Crippen LogP contribution is 2.20. The molecule has 4 amide bonds. The van der Waals surface area contributed by atoms with Crippen LogP contribution >= 0.6 is 22.7 Å². The summed E-state index contributed by atoms with van der Waals surface area (Å²) in [6.45, 7) is 8.75. The average molecular weight is 721 g/mol. The molecule has 0 aliphatic carbocycles. The maximum atomic E-state index is 13.6. The van der Waals surface area contributed by atoms with Crippen LogP contribution in [0.3, 0.4) is 0 Å². The van der Waals surface area contributed by atoms with Gasteiger partial charge in [0.15, 0.2) is 0 Å². The van der Waals surface area contributed by atoms with Gasteiger partial charge in [-0.15, -0.1) is 22.7 Å². The van der Waals surface area contributed by atoms with E-state index in [4.69, 9.17) is 4.74 Å². The van der Waals surface area contributed by atoms with Gasteiger partial charge >= 0.3 is 12.1 Å². The summed E-state index contributed by atoms with van der Waals surface area (Å²) in [7, 11) is 0. The lowest BCUT2D eigenvalue weighted by Crippen LogP contribution is -2.53. The van der Waals surface area contributed by atoms with Crippen molar-refractivity contribution in [3.8, 4) is 0 Å². The molecule has 0 radical (unpaired) electrons. The van der Waals surface area contributed by atoms with E-state index < -0.39 is 30.3 Å². The number of hydrogen-bond acceptors (Lipinski definition) is 9. The number of nitrogens with one attached hydrogen (secondary N) is 3. The summed E-state index contributed by atoms with van der Waals surface area (Å²) in [6, 6.07) is 16.8. The number of carbonyl (C=O) groups excluding carboxylic acids is 3. The second kappa shape index (κ2) is 19.8. The summed E-state index contributed by atoms with van der Waals surface area (Å²) in [5.41, 5.74) is 4.38. The van der Waals surface area contributed by atoms with Gasteiger partial charge in [0.1, 0.15) is 12.6 Å². The molecular formula is C37H48N6O5S2. The maximum Gasteiger partial charge on any atom is 0.407 e. The average Bonchev–Trinajstić information content (AvgIpc) is 3.81. The Morgan fingerprint density at radius 3 is 2.20 bits per heavy atom. The van der Waals surface area contributed by atoms with Crippen molar-refractivity contribution < 1.29 is 24.2 Å².